The molecule has 0 amide bonds. The van der Waals surface area contributed by atoms with Gasteiger partial charge in [0.2, 0.25) is 0 Å². The van der Waals surface area contributed by atoms with Crippen molar-refractivity contribution >= 4 is 11.7 Å². The average Bonchev–Trinajstić information content (AvgIpc) is 3.30. The molecule has 3 rings (SSSR count). The van der Waals surface area contributed by atoms with Gasteiger partial charge in [-0.15, -0.1) is 0 Å². The fraction of sp³-hybridized carbons (Fsp3) is 0.250. The van der Waals surface area contributed by atoms with E-state index in [1.165, 1.54) is 0 Å². The Bertz CT molecular complexity index is 937. The molecule has 0 aliphatic rings. The number of nitrogens with zero attached hydrogens (tertiary/aromatic N) is 2. The summed E-state index contributed by atoms with van der Waals surface area (Å²) in [6.07, 6.45) is 3.40. The van der Waals surface area contributed by atoms with E-state index >= 15 is 0 Å². The summed E-state index contributed by atoms with van der Waals surface area (Å²) in [5, 5.41) is 0. The van der Waals surface area contributed by atoms with E-state index in [-0.39, 0.29) is 0 Å². The quantitative estimate of drug-likeness (QED) is 0.227. The summed E-state index contributed by atoms with van der Waals surface area (Å²) < 4.78 is 5.79. The summed E-state index contributed by atoms with van der Waals surface area (Å²) in [4.78, 5) is 8.68. The van der Waals surface area contributed by atoms with E-state index in [1.807, 2.05) is 54.6 Å². The lowest BCUT2D eigenvalue weighted by atomic mass is 10.0. The number of furan rings is 1. The number of benzene rings is 2. The van der Waals surface area contributed by atoms with Gasteiger partial charge in [-0.25, -0.2) is 0 Å². The zero-order chi connectivity index (χ0) is 22.1. The molecule has 0 fully saturated rings. The average molecular weight is 419 g/mol. The largest absolute Gasteiger partial charge is 0.464 e. The van der Waals surface area contributed by atoms with Gasteiger partial charge in [-0.05, 0) is 37.6 Å². The fourth-order valence-electron chi connectivity index (χ4n) is 3.04. The molecule has 0 bridgehead atoms. The maximum Gasteiger partial charge on any atom is 0.134 e. The molecule has 7 heteroatoms. The number of nitrogens with two attached hydrogens (primary N) is 4. The van der Waals surface area contributed by atoms with E-state index in [0.717, 1.165) is 46.4 Å². The van der Waals surface area contributed by atoms with Crippen LogP contribution in [0, 0.1) is 0 Å². The molecule has 0 aliphatic carbocycles. The highest BCUT2D eigenvalue weighted by atomic mass is 16.3. The minimum Gasteiger partial charge on any atom is -0.464 e. The number of hydrogen-bond donors (Lipinski definition) is 4. The third kappa shape index (κ3) is 6.04. The van der Waals surface area contributed by atoms with Crippen LogP contribution in [-0.4, -0.2) is 37.9 Å². The summed E-state index contributed by atoms with van der Waals surface area (Å²) in [6, 6.07) is 17.8. The first-order chi connectivity index (χ1) is 15.1. The van der Waals surface area contributed by atoms with Crippen LogP contribution < -0.4 is 22.9 Å². The van der Waals surface area contributed by atoms with Crippen LogP contribution in [0.4, 0.5) is 0 Å². The topological polar surface area (TPSA) is 142 Å². The van der Waals surface area contributed by atoms with E-state index in [4.69, 9.17) is 27.4 Å². The Morgan fingerprint density at radius 1 is 0.677 bits per heavy atom. The third-order valence-electron chi connectivity index (χ3n) is 4.87. The van der Waals surface area contributed by atoms with Crippen LogP contribution in [0.5, 0.6) is 0 Å². The van der Waals surface area contributed by atoms with Gasteiger partial charge in [0.15, 0.2) is 0 Å². The molecule has 1 aromatic heterocycles. The Balaban J connectivity index is 1.70. The lowest BCUT2D eigenvalue weighted by molar-refractivity contribution is 0.583. The third-order valence-corrected chi connectivity index (χ3v) is 4.87. The first-order valence-electron chi connectivity index (χ1n) is 10.4. The van der Waals surface area contributed by atoms with Gasteiger partial charge in [-0.3, -0.25) is 9.98 Å². The second kappa shape index (κ2) is 11.1. The van der Waals surface area contributed by atoms with Crippen molar-refractivity contribution in [2.45, 2.75) is 12.8 Å². The first kappa shape index (κ1) is 22.3. The van der Waals surface area contributed by atoms with E-state index in [1.54, 1.807) is 6.26 Å². The van der Waals surface area contributed by atoms with Crippen LogP contribution in [0.1, 0.15) is 24.0 Å². The fourth-order valence-corrected chi connectivity index (χ4v) is 3.04. The van der Waals surface area contributed by atoms with Crippen molar-refractivity contribution in [1.29, 1.82) is 0 Å². The summed E-state index contributed by atoms with van der Waals surface area (Å²) in [7, 11) is 0. The second-order valence-corrected chi connectivity index (χ2v) is 7.17. The zero-order valence-corrected chi connectivity index (χ0v) is 17.6. The van der Waals surface area contributed by atoms with Gasteiger partial charge < -0.3 is 27.4 Å². The number of amidine groups is 2. The summed E-state index contributed by atoms with van der Waals surface area (Å²) in [6.45, 7) is 2.49. The molecule has 0 aliphatic heterocycles. The van der Waals surface area contributed by atoms with Gasteiger partial charge in [0.05, 0.1) is 6.26 Å². The smallest absolute Gasteiger partial charge is 0.134 e. The lowest BCUT2D eigenvalue weighted by Gasteiger charge is -2.03. The Labute approximate surface area is 182 Å². The van der Waals surface area contributed by atoms with Crippen LogP contribution >= 0.6 is 0 Å². The standard InChI is InChI=1S/C24H30N6O/c25-11-1-13-29-23(27)19-7-3-17(4-8-19)21-15-22(31-16-21)18-5-9-20(10-6-18)24(28)30-14-2-12-26/h3-10,15-16H,1-2,11-14,25-26H2,(H2,27,29)(H2,28,30). The molecule has 3 aromatic rings. The Hall–Kier alpha value is -3.42. The van der Waals surface area contributed by atoms with Crippen molar-refractivity contribution in [3.63, 3.8) is 0 Å². The Kier molecular flexibility index (Phi) is 7.98. The normalized spacial score (nSPS) is 12.3. The Morgan fingerprint density at radius 3 is 1.65 bits per heavy atom. The highest BCUT2D eigenvalue weighted by Crippen LogP contribution is 2.29. The van der Waals surface area contributed by atoms with Crippen molar-refractivity contribution in [3.05, 3.63) is 72.0 Å². The molecule has 8 N–H and O–H groups in total. The van der Waals surface area contributed by atoms with Crippen LogP contribution in [0.3, 0.4) is 0 Å². The zero-order valence-electron chi connectivity index (χ0n) is 17.6. The number of rotatable bonds is 10. The predicted molar refractivity (Wildman–Crippen MR) is 128 cm³/mol. The van der Waals surface area contributed by atoms with E-state index in [2.05, 4.69) is 9.98 Å². The van der Waals surface area contributed by atoms with Crippen molar-refractivity contribution in [1.82, 2.24) is 0 Å². The molecule has 162 valence electrons. The van der Waals surface area contributed by atoms with E-state index in [9.17, 15) is 0 Å². The molecular weight excluding hydrogens is 388 g/mol. The molecule has 0 radical (unpaired) electrons. The van der Waals surface area contributed by atoms with E-state index < -0.39 is 0 Å². The van der Waals surface area contributed by atoms with Crippen molar-refractivity contribution in [3.8, 4) is 22.5 Å². The summed E-state index contributed by atoms with van der Waals surface area (Å²) >= 11 is 0. The number of hydrogen-bond acceptors (Lipinski definition) is 5. The maximum atomic E-state index is 6.04. The minimum absolute atomic E-state index is 0.520. The second-order valence-electron chi connectivity index (χ2n) is 7.17. The van der Waals surface area contributed by atoms with Gasteiger partial charge in [0, 0.05) is 35.3 Å². The molecule has 0 unspecified atom stereocenters. The van der Waals surface area contributed by atoms with Crippen molar-refractivity contribution in [2.24, 2.45) is 32.9 Å². The molecule has 0 saturated carbocycles. The summed E-state index contributed by atoms with van der Waals surface area (Å²) in [5.41, 5.74) is 27.8. The molecule has 7 nitrogen and oxygen atoms in total. The molecule has 31 heavy (non-hydrogen) atoms. The van der Waals surface area contributed by atoms with Crippen molar-refractivity contribution in [2.75, 3.05) is 26.2 Å². The highest BCUT2D eigenvalue weighted by molar-refractivity contribution is 5.98. The molecular formula is C24H30N6O. The van der Waals surface area contributed by atoms with Crippen LogP contribution in [-0.2, 0) is 0 Å². The summed E-state index contributed by atoms with van der Waals surface area (Å²) in [5.74, 6) is 1.83. The molecule has 0 spiro atoms. The van der Waals surface area contributed by atoms with E-state index in [0.29, 0.717) is 37.9 Å². The number of aliphatic imine (C=N–C) groups is 2. The van der Waals surface area contributed by atoms with Gasteiger partial charge in [-0.2, -0.15) is 0 Å². The van der Waals surface area contributed by atoms with Gasteiger partial charge in [0.1, 0.15) is 17.4 Å². The molecule has 1 heterocycles. The van der Waals surface area contributed by atoms with Crippen molar-refractivity contribution < 1.29 is 4.42 Å². The SMILES string of the molecule is NCCCN=C(N)c1ccc(-c2coc(-c3ccc(C(N)=NCCCN)cc3)c2)cc1. The van der Waals surface area contributed by atoms with Crippen LogP contribution in [0.25, 0.3) is 22.5 Å². The predicted octanol–water partition coefficient (Wildman–Crippen LogP) is 2.72. The molecule has 2 aromatic carbocycles. The van der Waals surface area contributed by atoms with Gasteiger partial charge >= 0.3 is 0 Å². The van der Waals surface area contributed by atoms with Gasteiger partial charge in [-0.1, -0.05) is 48.5 Å². The highest BCUT2D eigenvalue weighted by Gasteiger charge is 2.08. The van der Waals surface area contributed by atoms with Crippen LogP contribution in [0.15, 0.2) is 75.3 Å². The Morgan fingerprint density at radius 2 is 1.16 bits per heavy atom. The first-order valence-corrected chi connectivity index (χ1v) is 10.4. The van der Waals surface area contributed by atoms with Crippen LogP contribution in [0.2, 0.25) is 0 Å². The minimum atomic E-state index is 0.520. The molecule has 0 saturated heterocycles. The van der Waals surface area contributed by atoms with Gasteiger partial charge in [0.25, 0.3) is 0 Å². The maximum absolute atomic E-state index is 6.04. The lowest BCUT2D eigenvalue weighted by Crippen LogP contribution is -2.14. The monoisotopic (exact) mass is 418 g/mol. The molecule has 0 atom stereocenters.